The predicted octanol–water partition coefficient (Wildman–Crippen LogP) is 4.21. The van der Waals surface area contributed by atoms with E-state index in [1.807, 2.05) is 30.3 Å². The molecular formula is C33H37N7O3. The highest BCUT2D eigenvalue weighted by molar-refractivity contribution is 6.04. The van der Waals surface area contributed by atoms with E-state index in [0.717, 1.165) is 61.4 Å². The molecule has 0 radical (unpaired) electrons. The molecule has 0 atom stereocenters. The Morgan fingerprint density at radius 3 is 2.72 bits per heavy atom. The summed E-state index contributed by atoms with van der Waals surface area (Å²) < 4.78 is 7.79. The number of aromatic amines is 2. The zero-order valence-electron chi connectivity index (χ0n) is 24.6. The molecule has 1 aliphatic rings. The molecule has 1 aliphatic heterocycles. The summed E-state index contributed by atoms with van der Waals surface area (Å²) in [5.74, 6) is 0.488. The second-order valence-corrected chi connectivity index (χ2v) is 11.1. The molecule has 4 heterocycles. The molecule has 6 rings (SSSR count). The number of anilines is 1. The largest absolute Gasteiger partial charge is 0.492 e. The van der Waals surface area contributed by atoms with Crippen LogP contribution in [0.1, 0.15) is 28.4 Å². The molecule has 43 heavy (non-hydrogen) atoms. The molecule has 3 aromatic heterocycles. The van der Waals surface area contributed by atoms with Crippen LogP contribution in [0.3, 0.4) is 0 Å². The van der Waals surface area contributed by atoms with E-state index in [4.69, 9.17) is 4.74 Å². The van der Waals surface area contributed by atoms with Crippen LogP contribution in [0.2, 0.25) is 0 Å². The number of rotatable bonds is 10. The van der Waals surface area contributed by atoms with Crippen molar-refractivity contribution in [2.45, 2.75) is 19.9 Å². The van der Waals surface area contributed by atoms with Crippen LogP contribution in [-0.2, 0) is 13.0 Å². The van der Waals surface area contributed by atoms with Gasteiger partial charge in [0, 0.05) is 56.0 Å². The van der Waals surface area contributed by atoms with Crippen molar-refractivity contribution in [2.75, 3.05) is 51.7 Å². The van der Waals surface area contributed by atoms with Crippen molar-refractivity contribution in [3.8, 4) is 17.0 Å². The molecule has 2 aromatic carbocycles. The van der Waals surface area contributed by atoms with Crippen LogP contribution >= 0.6 is 0 Å². The first kappa shape index (κ1) is 28.4. The number of H-pyrrole nitrogens is 2. The van der Waals surface area contributed by atoms with Crippen molar-refractivity contribution in [3.05, 3.63) is 100 Å². The zero-order chi connectivity index (χ0) is 29.8. The van der Waals surface area contributed by atoms with Gasteiger partial charge >= 0.3 is 0 Å². The lowest BCUT2D eigenvalue weighted by molar-refractivity contribution is 0.102. The molecule has 1 amide bonds. The summed E-state index contributed by atoms with van der Waals surface area (Å²) in [6.07, 6.45) is 5.74. The van der Waals surface area contributed by atoms with Crippen LogP contribution in [0.25, 0.3) is 22.2 Å². The van der Waals surface area contributed by atoms with Gasteiger partial charge in [0.25, 0.3) is 11.5 Å². The Labute approximate surface area is 250 Å². The SMILES string of the molecule is CCc1cccc(Cn2cc(C(=O)Nc3c[nH]c(=O)c(-c4cc5cc(OCCN6CCN(C)CC6)ccc5[nH]4)c3)cn2)c1. The number of nitrogens with one attached hydrogen (secondary N) is 3. The van der Waals surface area contributed by atoms with Gasteiger partial charge in [-0.15, -0.1) is 0 Å². The Bertz CT molecular complexity index is 1780. The van der Waals surface area contributed by atoms with Gasteiger partial charge in [-0.25, -0.2) is 0 Å². The average Bonchev–Trinajstić information content (AvgIpc) is 3.66. The second kappa shape index (κ2) is 12.7. The number of aryl methyl sites for hydroxylation is 1. The van der Waals surface area contributed by atoms with Crippen molar-refractivity contribution >= 4 is 22.5 Å². The molecule has 0 bridgehead atoms. The number of fused-ring (bicyclic) bond motifs is 1. The molecular weight excluding hydrogens is 542 g/mol. The average molecular weight is 580 g/mol. The van der Waals surface area contributed by atoms with Gasteiger partial charge in [-0.2, -0.15) is 5.10 Å². The van der Waals surface area contributed by atoms with Crippen molar-refractivity contribution in [3.63, 3.8) is 0 Å². The van der Waals surface area contributed by atoms with Crippen molar-refractivity contribution in [1.29, 1.82) is 0 Å². The molecule has 1 fully saturated rings. The molecule has 0 spiro atoms. The maximum Gasteiger partial charge on any atom is 0.258 e. The topological polar surface area (TPSA) is 111 Å². The number of ether oxygens (including phenoxy) is 1. The summed E-state index contributed by atoms with van der Waals surface area (Å²) in [6, 6.07) is 17.8. The maximum atomic E-state index is 13.0. The van der Waals surface area contributed by atoms with Crippen LogP contribution in [-0.4, -0.2) is 81.8 Å². The summed E-state index contributed by atoms with van der Waals surface area (Å²) in [7, 11) is 2.15. The Kier molecular flexibility index (Phi) is 8.39. The van der Waals surface area contributed by atoms with Gasteiger partial charge in [0.2, 0.25) is 0 Å². The molecule has 222 valence electrons. The number of piperazine rings is 1. The number of nitrogens with zero attached hydrogens (tertiary/aromatic N) is 4. The summed E-state index contributed by atoms with van der Waals surface area (Å²) in [5.41, 5.74) is 5.03. The first-order valence-electron chi connectivity index (χ1n) is 14.7. The van der Waals surface area contributed by atoms with Crippen molar-refractivity contribution in [2.24, 2.45) is 0 Å². The smallest absolute Gasteiger partial charge is 0.258 e. The summed E-state index contributed by atoms with van der Waals surface area (Å²) in [4.78, 5) is 36.6. The third-order valence-corrected chi connectivity index (χ3v) is 7.96. The molecule has 1 saturated heterocycles. The number of carbonyl (C=O) groups is 1. The number of aromatic nitrogens is 4. The van der Waals surface area contributed by atoms with Gasteiger partial charge < -0.3 is 24.9 Å². The minimum Gasteiger partial charge on any atom is -0.492 e. The molecule has 10 heteroatoms. The minimum atomic E-state index is -0.304. The number of carbonyl (C=O) groups excluding carboxylic acids is 1. The molecule has 0 unspecified atom stereocenters. The van der Waals surface area contributed by atoms with Crippen LogP contribution < -0.4 is 15.6 Å². The highest BCUT2D eigenvalue weighted by atomic mass is 16.5. The van der Waals surface area contributed by atoms with Gasteiger partial charge in [0.15, 0.2) is 0 Å². The fraction of sp³-hybridized carbons (Fsp3) is 0.303. The highest BCUT2D eigenvalue weighted by Crippen LogP contribution is 2.27. The van der Waals surface area contributed by atoms with E-state index in [1.165, 1.54) is 11.8 Å². The normalized spacial score (nSPS) is 14.3. The van der Waals surface area contributed by atoms with Gasteiger partial charge in [-0.05, 0) is 54.9 Å². The van der Waals surface area contributed by atoms with Crippen LogP contribution in [0.5, 0.6) is 5.75 Å². The minimum absolute atomic E-state index is 0.254. The lowest BCUT2D eigenvalue weighted by Crippen LogP contribution is -2.45. The first-order valence-corrected chi connectivity index (χ1v) is 14.7. The van der Waals surface area contributed by atoms with Gasteiger partial charge in [-0.3, -0.25) is 19.2 Å². The Morgan fingerprint density at radius 2 is 1.88 bits per heavy atom. The first-order chi connectivity index (χ1) is 20.9. The summed E-state index contributed by atoms with van der Waals surface area (Å²) in [5, 5.41) is 8.19. The number of benzene rings is 2. The van der Waals surface area contributed by atoms with E-state index in [2.05, 4.69) is 62.4 Å². The molecule has 3 N–H and O–H groups in total. The number of amides is 1. The standard InChI is InChI=1S/C33H37N7O3/c1-3-23-5-4-6-24(15-23)21-40-22-26(19-35-40)32(41)36-27-18-29(33(42)34-20-27)31-17-25-16-28(7-8-30(25)37-31)43-14-13-39-11-9-38(2)10-12-39/h4-8,15-20,22,37H,3,9-14,21H2,1-2H3,(H,34,42)(H,36,41). The lowest BCUT2D eigenvalue weighted by Gasteiger charge is -2.32. The Morgan fingerprint density at radius 1 is 1.05 bits per heavy atom. The van der Waals surface area contributed by atoms with E-state index in [1.54, 1.807) is 23.1 Å². The molecule has 0 aliphatic carbocycles. The van der Waals surface area contributed by atoms with Crippen molar-refractivity contribution < 1.29 is 9.53 Å². The maximum absolute atomic E-state index is 13.0. The van der Waals surface area contributed by atoms with Crippen LogP contribution in [0, 0.1) is 0 Å². The van der Waals surface area contributed by atoms with Gasteiger partial charge in [0.05, 0.1) is 35.2 Å². The van der Waals surface area contributed by atoms with E-state index < -0.39 is 0 Å². The fourth-order valence-corrected chi connectivity index (χ4v) is 5.37. The summed E-state index contributed by atoms with van der Waals surface area (Å²) in [6.45, 7) is 8.51. The zero-order valence-corrected chi connectivity index (χ0v) is 24.6. The number of hydrogen-bond acceptors (Lipinski definition) is 6. The Balaban J connectivity index is 1.11. The number of likely N-dealkylation sites (N-methyl/N-ethyl adjacent to an activating group) is 1. The highest BCUT2D eigenvalue weighted by Gasteiger charge is 2.15. The summed E-state index contributed by atoms with van der Waals surface area (Å²) >= 11 is 0. The monoisotopic (exact) mass is 579 g/mol. The predicted molar refractivity (Wildman–Crippen MR) is 169 cm³/mol. The van der Waals surface area contributed by atoms with Crippen LogP contribution in [0.4, 0.5) is 5.69 Å². The number of pyridine rings is 1. The van der Waals surface area contributed by atoms with Crippen LogP contribution in [0.15, 0.2) is 78.0 Å². The van der Waals surface area contributed by atoms with Crippen molar-refractivity contribution in [1.82, 2.24) is 29.5 Å². The van der Waals surface area contributed by atoms with E-state index >= 15 is 0 Å². The van der Waals surface area contributed by atoms with E-state index in [0.29, 0.717) is 35.7 Å². The van der Waals surface area contributed by atoms with Gasteiger partial charge in [0.1, 0.15) is 12.4 Å². The quantitative estimate of drug-likeness (QED) is 0.229. The second-order valence-electron chi connectivity index (χ2n) is 11.1. The molecule has 5 aromatic rings. The number of hydrogen-bond donors (Lipinski definition) is 3. The third-order valence-electron chi connectivity index (χ3n) is 7.96. The third kappa shape index (κ3) is 6.87. The van der Waals surface area contributed by atoms with Gasteiger partial charge in [-0.1, -0.05) is 31.2 Å². The van der Waals surface area contributed by atoms with E-state index in [9.17, 15) is 9.59 Å². The van der Waals surface area contributed by atoms with E-state index in [-0.39, 0.29) is 11.5 Å². The fourth-order valence-electron chi connectivity index (χ4n) is 5.37. The molecule has 10 nitrogen and oxygen atoms in total. The Hall–Kier alpha value is -4.67. The molecule has 0 saturated carbocycles. The lowest BCUT2D eigenvalue weighted by atomic mass is 10.1.